The fraction of sp³-hybridized carbons (Fsp3) is 1.00. The molecular weight excluding hydrogens is 136 g/mol. The fourth-order valence-electron chi connectivity index (χ4n) is 1.04. The highest BCUT2D eigenvalue weighted by atomic mass is 16.6. The van der Waals surface area contributed by atoms with Crippen LogP contribution in [0.3, 0.4) is 0 Å². The van der Waals surface area contributed by atoms with E-state index >= 15 is 0 Å². The van der Waals surface area contributed by atoms with Crippen LogP contribution in [0.4, 0.5) is 0 Å². The van der Waals surface area contributed by atoms with Crippen molar-refractivity contribution in [3.63, 3.8) is 0 Å². The van der Waals surface area contributed by atoms with Gasteiger partial charge in [0.05, 0.1) is 12.7 Å². The lowest BCUT2D eigenvalue weighted by atomic mass is 10.0. The maximum atomic E-state index is 9.18. The molecule has 4 atom stereocenters. The van der Waals surface area contributed by atoms with Crippen LogP contribution in [0.2, 0.25) is 0 Å². The topological polar surface area (TPSA) is 69.9 Å². The molecule has 10 heavy (non-hydrogen) atoms. The first-order valence-electron chi connectivity index (χ1n) is 3.29. The van der Waals surface area contributed by atoms with Crippen molar-refractivity contribution in [2.45, 2.75) is 25.4 Å². The summed E-state index contributed by atoms with van der Waals surface area (Å²) in [7, 11) is 0. The maximum Gasteiger partial charge on any atom is 0.160 e. The molecule has 0 spiro atoms. The zero-order chi connectivity index (χ0) is 7.72. The van der Waals surface area contributed by atoms with Crippen LogP contribution in [-0.2, 0) is 4.74 Å². The lowest BCUT2D eigenvalue weighted by molar-refractivity contribution is -0.116. The summed E-state index contributed by atoms with van der Waals surface area (Å²) in [5.74, 6) is -0.308. The summed E-state index contributed by atoms with van der Waals surface area (Å²) < 4.78 is 4.79. The largest absolute Gasteiger partial charge is 0.394 e. The molecule has 4 heteroatoms. The van der Waals surface area contributed by atoms with Crippen LogP contribution < -0.4 is 0 Å². The predicted molar refractivity (Wildman–Crippen MR) is 33.1 cm³/mol. The van der Waals surface area contributed by atoms with Gasteiger partial charge in [0.15, 0.2) is 6.29 Å². The number of aliphatic hydroxyl groups is 3. The van der Waals surface area contributed by atoms with Gasteiger partial charge in [0.2, 0.25) is 0 Å². The third-order valence-corrected chi connectivity index (χ3v) is 1.86. The van der Waals surface area contributed by atoms with Crippen LogP contribution in [0.1, 0.15) is 6.92 Å². The average molecular weight is 148 g/mol. The molecule has 0 aromatic heterocycles. The molecule has 0 aromatic rings. The van der Waals surface area contributed by atoms with Gasteiger partial charge >= 0.3 is 0 Å². The van der Waals surface area contributed by atoms with Crippen molar-refractivity contribution in [1.29, 1.82) is 0 Å². The highest BCUT2D eigenvalue weighted by Gasteiger charge is 2.39. The van der Waals surface area contributed by atoms with Gasteiger partial charge in [0, 0.05) is 5.92 Å². The molecule has 1 fully saturated rings. The minimum Gasteiger partial charge on any atom is -0.394 e. The summed E-state index contributed by atoms with van der Waals surface area (Å²) in [6.45, 7) is 1.42. The van der Waals surface area contributed by atoms with Gasteiger partial charge in [-0.2, -0.15) is 0 Å². The van der Waals surface area contributed by atoms with Crippen molar-refractivity contribution in [2.24, 2.45) is 5.92 Å². The minimum atomic E-state index is -0.938. The highest BCUT2D eigenvalue weighted by Crippen LogP contribution is 2.24. The number of ether oxygens (including phenoxy) is 1. The number of hydrogen-bond acceptors (Lipinski definition) is 4. The van der Waals surface area contributed by atoms with E-state index in [4.69, 9.17) is 14.9 Å². The van der Waals surface area contributed by atoms with Crippen LogP contribution in [0.25, 0.3) is 0 Å². The van der Waals surface area contributed by atoms with E-state index < -0.39 is 18.5 Å². The quantitative estimate of drug-likeness (QED) is 0.432. The van der Waals surface area contributed by atoms with Gasteiger partial charge < -0.3 is 20.1 Å². The molecule has 0 radical (unpaired) electrons. The summed E-state index contributed by atoms with van der Waals surface area (Å²) in [6, 6.07) is 0. The van der Waals surface area contributed by atoms with Gasteiger partial charge in [-0.05, 0) is 0 Å². The molecule has 4 unspecified atom stereocenters. The Labute approximate surface area is 59.1 Å². The fourth-order valence-corrected chi connectivity index (χ4v) is 1.04. The van der Waals surface area contributed by atoms with Crippen molar-refractivity contribution in [2.75, 3.05) is 6.61 Å². The molecule has 1 aliphatic heterocycles. The second kappa shape index (κ2) is 2.84. The third kappa shape index (κ3) is 1.15. The summed E-state index contributed by atoms with van der Waals surface area (Å²) in [5.41, 5.74) is 0. The molecule has 0 bridgehead atoms. The van der Waals surface area contributed by atoms with Crippen molar-refractivity contribution in [3.05, 3.63) is 0 Å². The van der Waals surface area contributed by atoms with E-state index in [-0.39, 0.29) is 12.5 Å². The minimum absolute atomic E-state index is 0.247. The number of rotatable bonds is 1. The third-order valence-electron chi connectivity index (χ3n) is 1.86. The van der Waals surface area contributed by atoms with E-state index in [1.165, 1.54) is 0 Å². The molecule has 3 N–H and O–H groups in total. The summed E-state index contributed by atoms with van der Waals surface area (Å²) in [6.07, 6.45) is -2.31. The average Bonchev–Trinajstić information content (AvgIpc) is 2.17. The van der Waals surface area contributed by atoms with E-state index in [0.29, 0.717) is 0 Å². The van der Waals surface area contributed by atoms with Crippen molar-refractivity contribution in [1.82, 2.24) is 0 Å². The predicted octanol–water partition coefficient (Wildman–Crippen LogP) is -1.31. The lowest BCUT2D eigenvalue weighted by Crippen LogP contribution is -2.28. The molecule has 0 amide bonds. The van der Waals surface area contributed by atoms with E-state index in [9.17, 15) is 5.11 Å². The Kier molecular flexibility index (Phi) is 2.25. The first kappa shape index (κ1) is 7.94. The van der Waals surface area contributed by atoms with Crippen LogP contribution in [0.5, 0.6) is 0 Å². The molecule has 1 aliphatic rings. The van der Waals surface area contributed by atoms with Gasteiger partial charge in [0.25, 0.3) is 0 Å². The SMILES string of the molecule is CC1C(O)OC(CO)C1O. The Morgan fingerprint density at radius 2 is 2.00 bits per heavy atom. The molecule has 0 saturated carbocycles. The van der Waals surface area contributed by atoms with E-state index in [1.54, 1.807) is 6.92 Å². The van der Waals surface area contributed by atoms with Crippen LogP contribution >= 0.6 is 0 Å². The summed E-state index contributed by atoms with van der Waals surface area (Å²) in [5, 5.41) is 26.7. The zero-order valence-electron chi connectivity index (χ0n) is 5.77. The summed E-state index contributed by atoms with van der Waals surface area (Å²) >= 11 is 0. The Hall–Kier alpha value is -0.160. The number of aliphatic hydroxyl groups excluding tert-OH is 3. The Bertz CT molecular complexity index is 116. The van der Waals surface area contributed by atoms with Crippen molar-refractivity contribution < 1.29 is 20.1 Å². The second-order valence-electron chi connectivity index (χ2n) is 2.60. The normalized spacial score (nSPS) is 48.0. The highest BCUT2D eigenvalue weighted by molar-refractivity contribution is 4.82. The first-order chi connectivity index (χ1) is 4.66. The zero-order valence-corrected chi connectivity index (χ0v) is 5.77. The molecule has 4 nitrogen and oxygen atoms in total. The van der Waals surface area contributed by atoms with Crippen LogP contribution in [-0.4, -0.2) is 40.4 Å². The molecule has 1 rings (SSSR count). The Morgan fingerprint density at radius 1 is 1.40 bits per heavy atom. The van der Waals surface area contributed by atoms with Crippen molar-refractivity contribution in [3.8, 4) is 0 Å². The lowest BCUT2D eigenvalue weighted by Gasteiger charge is -2.10. The molecule has 60 valence electrons. The Balaban J connectivity index is 2.53. The van der Waals surface area contributed by atoms with Crippen LogP contribution in [0.15, 0.2) is 0 Å². The monoisotopic (exact) mass is 148 g/mol. The maximum absolute atomic E-state index is 9.18. The van der Waals surface area contributed by atoms with Crippen LogP contribution in [0, 0.1) is 5.92 Å². The van der Waals surface area contributed by atoms with Gasteiger partial charge in [-0.15, -0.1) is 0 Å². The van der Waals surface area contributed by atoms with E-state index in [1.807, 2.05) is 0 Å². The van der Waals surface area contributed by atoms with Gasteiger partial charge in [-0.3, -0.25) is 0 Å². The smallest absolute Gasteiger partial charge is 0.160 e. The summed E-state index contributed by atoms with van der Waals surface area (Å²) in [4.78, 5) is 0. The molecule has 0 aromatic carbocycles. The van der Waals surface area contributed by atoms with E-state index in [2.05, 4.69) is 0 Å². The molecule has 1 heterocycles. The van der Waals surface area contributed by atoms with Crippen molar-refractivity contribution >= 4 is 0 Å². The number of hydrogen-bond donors (Lipinski definition) is 3. The first-order valence-corrected chi connectivity index (χ1v) is 3.29. The molecule has 1 saturated heterocycles. The van der Waals surface area contributed by atoms with E-state index in [0.717, 1.165) is 0 Å². The van der Waals surface area contributed by atoms with Gasteiger partial charge in [-0.1, -0.05) is 6.92 Å². The van der Waals surface area contributed by atoms with Gasteiger partial charge in [0.1, 0.15) is 6.10 Å². The van der Waals surface area contributed by atoms with Gasteiger partial charge in [-0.25, -0.2) is 0 Å². The standard InChI is InChI=1S/C6H12O4/c1-3-5(8)4(2-7)10-6(3)9/h3-9H,2H2,1H3. The molecular formula is C6H12O4. The Morgan fingerprint density at radius 3 is 2.20 bits per heavy atom. The molecule has 0 aliphatic carbocycles. The second-order valence-corrected chi connectivity index (χ2v) is 2.60.